The van der Waals surface area contributed by atoms with Crippen molar-refractivity contribution in [1.82, 2.24) is 0 Å². The van der Waals surface area contributed by atoms with Crippen LogP contribution in [0.2, 0.25) is 0 Å². The minimum Gasteiger partial charge on any atom is -0.428 e. The molecule has 90 valence electrons. The molecular formula is C10H7BrO4S2. The Kier molecular flexibility index (Phi) is 6.53. The van der Waals surface area contributed by atoms with E-state index in [1.807, 2.05) is 5.38 Å². The van der Waals surface area contributed by atoms with Crippen LogP contribution >= 0.6 is 38.6 Å². The molecule has 2 aromatic heterocycles. The number of thiophene rings is 2. The number of ether oxygens (including phenoxy) is 2. The summed E-state index contributed by atoms with van der Waals surface area (Å²) in [4.78, 5) is 19.4. The number of rotatable bonds is 4. The lowest BCUT2D eigenvalue weighted by atomic mass is 10.6. The molecule has 2 heterocycles. The van der Waals surface area contributed by atoms with E-state index in [-0.39, 0.29) is 0 Å². The Morgan fingerprint density at radius 2 is 1.82 bits per heavy atom. The SMILES string of the molecule is O=COc1ccsc1.O=COc1csc(Br)c1. The normalized spacial score (nSPS) is 8.76. The number of hydrogen-bond acceptors (Lipinski definition) is 6. The van der Waals surface area contributed by atoms with Crippen LogP contribution < -0.4 is 9.47 Å². The molecule has 7 heteroatoms. The van der Waals surface area contributed by atoms with E-state index in [9.17, 15) is 9.59 Å². The molecule has 0 aliphatic heterocycles. The highest BCUT2D eigenvalue weighted by molar-refractivity contribution is 9.11. The fourth-order valence-electron chi connectivity index (χ4n) is 0.786. The third-order valence-electron chi connectivity index (χ3n) is 1.41. The molecule has 0 fully saturated rings. The Labute approximate surface area is 114 Å². The largest absolute Gasteiger partial charge is 0.428 e. The Balaban J connectivity index is 0.000000171. The third kappa shape index (κ3) is 5.62. The molecule has 0 atom stereocenters. The van der Waals surface area contributed by atoms with Gasteiger partial charge in [-0.05, 0) is 27.4 Å². The quantitative estimate of drug-likeness (QED) is 0.805. The lowest BCUT2D eigenvalue weighted by molar-refractivity contribution is -0.121. The molecule has 0 spiro atoms. The van der Waals surface area contributed by atoms with Crippen LogP contribution in [-0.4, -0.2) is 12.9 Å². The van der Waals surface area contributed by atoms with Crippen molar-refractivity contribution >= 4 is 51.5 Å². The molecule has 0 saturated carbocycles. The standard InChI is InChI=1S/C5H3BrO2S.C5H4O2S/c6-5-1-4(2-9-5)8-3-7;6-4-7-5-1-2-8-3-5/h1-3H;1-4H. The van der Waals surface area contributed by atoms with Gasteiger partial charge in [0, 0.05) is 16.8 Å². The number of halogens is 1. The van der Waals surface area contributed by atoms with Gasteiger partial charge in [0.2, 0.25) is 0 Å². The molecule has 0 bridgehead atoms. The first-order valence-corrected chi connectivity index (χ1v) is 6.84. The Morgan fingerprint density at radius 1 is 1.12 bits per heavy atom. The fourth-order valence-corrected chi connectivity index (χ4v) is 2.39. The summed E-state index contributed by atoms with van der Waals surface area (Å²) in [5, 5.41) is 5.35. The van der Waals surface area contributed by atoms with Crippen LogP contribution in [-0.2, 0) is 9.59 Å². The summed E-state index contributed by atoms with van der Waals surface area (Å²) >= 11 is 6.20. The molecule has 2 rings (SSSR count). The molecular weight excluding hydrogens is 328 g/mol. The van der Waals surface area contributed by atoms with E-state index in [0.29, 0.717) is 24.4 Å². The van der Waals surface area contributed by atoms with Gasteiger partial charge in [-0.25, -0.2) is 0 Å². The molecule has 0 saturated heterocycles. The topological polar surface area (TPSA) is 52.6 Å². The Morgan fingerprint density at radius 3 is 2.29 bits per heavy atom. The minimum atomic E-state index is 0.411. The molecule has 2 aromatic rings. The second-order valence-electron chi connectivity index (χ2n) is 2.47. The van der Waals surface area contributed by atoms with E-state index in [1.165, 1.54) is 22.7 Å². The van der Waals surface area contributed by atoms with E-state index < -0.39 is 0 Å². The van der Waals surface area contributed by atoms with Crippen LogP contribution in [0.3, 0.4) is 0 Å². The van der Waals surface area contributed by atoms with Crippen molar-refractivity contribution in [2.75, 3.05) is 0 Å². The summed E-state index contributed by atoms with van der Waals surface area (Å²) in [6.45, 7) is 0.830. The summed E-state index contributed by atoms with van der Waals surface area (Å²) in [6, 6.07) is 3.47. The smallest absolute Gasteiger partial charge is 0.298 e. The highest BCUT2D eigenvalue weighted by atomic mass is 79.9. The van der Waals surface area contributed by atoms with Gasteiger partial charge in [-0.15, -0.1) is 22.7 Å². The van der Waals surface area contributed by atoms with Gasteiger partial charge in [-0.1, -0.05) is 0 Å². The van der Waals surface area contributed by atoms with Gasteiger partial charge in [-0.3, -0.25) is 9.59 Å². The lowest BCUT2D eigenvalue weighted by Gasteiger charge is -1.85. The number of hydrogen-bond donors (Lipinski definition) is 0. The van der Waals surface area contributed by atoms with Crippen LogP contribution in [0, 0.1) is 0 Å². The highest BCUT2D eigenvalue weighted by Gasteiger charge is 1.94. The van der Waals surface area contributed by atoms with Gasteiger partial charge >= 0.3 is 0 Å². The predicted octanol–water partition coefficient (Wildman–Crippen LogP) is 3.33. The second kappa shape index (κ2) is 7.99. The second-order valence-corrected chi connectivity index (χ2v) is 5.54. The molecule has 0 radical (unpaired) electrons. The van der Waals surface area contributed by atoms with Gasteiger partial charge in [0.25, 0.3) is 12.9 Å². The van der Waals surface area contributed by atoms with Crippen molar-refractivity contribution in [3.8, 4) is 11.5 Å². The molecule has 0 unspecified atom stereocenters. The molecule has 0 aromatic carbocycles. The van der Waals surface area contributed by atoms with Crippen LogP contribution in [0.5, 0.6) is 11.5 Å². The molecule has 0 N–H and O–H groups in total. The fraction of sp³-hybridized carbons (Fsp3) is 0. The van der Waals surface area contributed by atoms with Gasteiger partial charge in [0.1, 0.15) is 11.5 Å². The lowest BCUT2D eigenvalue weighted by Crippen LogP contribution is -1.83. The van der Waals surface area contributed by atoms with Crippen molar-refractivity contribution in [2.45, 2.75) is 0 Å². The van der Waals surface area contributed by atoms with Gasteiger partial charge in [-0.2, -0.15) is 0 Å². The molecule has 0 aliphatic carbocycles. The Bertz CT molecular complexity index is 453. The van der Waals surface area contributed by atoms with E-state index >= 15 is 0 Å². The predicted molar refractivity (Wildman–Crippen MR) is 69.7 cm³/mol. The average molecular weight is 335 g/mol. The first-order chi connectivity index (χ1) is 8.26. The number of carbonyl (C=O) groups excluding carboxylic acids is 2. The van der Waals surface area contributed by atoms with Crippen molar-refractivity contribution in [1.29, 1.82) is 0 Å². The third-order valence-corrected chi connectivity index (χ3v) is 3.55. The van der Waals surface area contributed by atoms with Crippen molar-refractivity contribution < 1.29 is 19.1 Å². The zero-order valence-corrected chi connectivity index (χ0v) is 11.6. The summed E-state index contributed by atoms with van der Waals surface area (Å²) in [6.07, 6.45) is 0. The first-order valence-electron chi connectivity index (χ1n) is 4.23. The zero-order chi connectivity index (χ0) is 12.5. The summed E-state index contributed by atoms with van der Waals surface area (Å²) < 4.78 is 9.96. The van der Waals surface area contributed by atoms with Gasteiger partial charge in [0.05, 0.1) is 3.79 Å². The maximum absolute atomic E-state index is 9.75. The summed E-state index contributed by atoms with van der Waals surface area (Å²) in [5.41, 5.74) is 0. The van der Waals surface area contributed by atoms with E-state index in [2.05, 4.69) is 25.4 Å². The van der Waals surface area contributed by atoms with Crippen molar-refractivity contribution in [3.63, 3.8) is 0 Å². The van der Waals surface area contributed by atoms with E-state index in [4.69, 9.17) is 0 Å². The molecule has 0 aliphatic rings. The van der Waals surface area contributed by atoms with Crippen LogP contribution in [0.1, 0.15) is 0 Å². The molecule has 17 heavy (non-hydrogen) atoms. The Hall–Kier alpha value is -1.18. The highest BCUT2D eigenvalue weighted by Crippen LogP contribution is 2.25. The average Bonchev–Trinajstić information content (AvgIpc) is 2.93. The summed E-state index contributed by atoms with van der Waals surface area (Å²) in [5.74, 6) is 1.20. The van der Waals surface area contributed by atoms with E-state index in [1.54, 1.807) is 22.9 Å². The van der Waals surface area contributed by atoms with E-state index in [0.717, 1.165) is 3.79 Å². The van der Waals surface area contributed by atoms with Gasteiger partial charge < -0.3 is 9.47 Å². The van der Waals surface area contributed by atoms with Gasteiger partial charge in [0.15, 0.2) is 0 Å². The summed E-state index contributed by atoms with van der Waals surface area (Å²) in [7, 11) is 0. The monoisotopic (exact) mass is 334 g/mol. The van der Waals surface area contributed by atoms with Crippen molar-refractivity contribution in [2.24, 2.45) is 0 Å². The van der Waals surface area contributed by atoms with Crippen LogP contribution in [0.4, 0.5) is 0 Å². The zero-order valence-electron chi connectivity index (χ0n) is 8.37. The number of carbonyl (C=O) groups is 2. The minimum absolute atomic E-state index is 0.411. The van der Waals surface area contributed by atoms with Crippen LogP contribution in [0.25, 0.3) is 0 Å². The first kappa shape index (κ1) is 13.9. The van der Waals surface area contributed by atoms with Crippen molar-refractivity contribution in [3.05, 3.63) is 32.1 Å². The van der Waals surface area contributed by atoms with Crippen LogP contribution in [0.15, 0.2) is 32.1 Å². The molecule has 4 nitrogen and oxygen atoms in total. The maximum atomic E-state index is 9.75. The molecule has 0 amide bonds. The maximum Gasteiger partial charge on any atom is 0.298 e.